The highest BCUT2D eigenvalue weighted by atomic mass is 79.9. The van der Waals surface area contributed by atoms with E-state index in [4.69, 9.17) is 9.47 Å². The summed E-state index contributed by atoms with van der Waals surface area (Å²) < 4.78 is 39.1. The number of morpholine rings is 1. The molecule has 1 N–H and O–H groups in total. The second-order valence-corrected chi connectivity index (χ2v) is 10.2. The third-order valence-corrected chi connectivity index (χ3v) is 7.84. The van der Waals surface area contributed by atoms with Crippen LogP contribution in [0.4, 0.5) is 5.69 Å². The van der Waals surface area contributed by atoms with Gasteiger partial charge in [0.2, 0.25) is 15.9 Å². The molecule has 4 rings (SSSR count). The number of rotatable bonds is 6. The number of nitrogens with zero attached hydrogens (tertiary/aromatic N) is 1. The number of hydrogen-bond acceptors (Lipinski definition) is 5. The number of sulfonamides is 1. The third kappa shape index (κ3) is 4.39. The van der Waals surface area contributed by atoms with Crippen LogP contribution in [-0.2, 0) is 19.6 Å². The Balaban J connectivity index is 1.51. The standard InChI is InChI=1S/C21H23BrN2O5S/c1-28-19-6-5-16(12-20(19)30(26,27)24-7-9-29-10-8-24)23-21(25)18-13-17(18)14-3-2-4-15(22)11-14/h2-6,11-12,17-18H,7-10,13H2,1H3,(H,23,25). The summed E-state index contributed by atoms with van der Waals surface area (Å²) in [6, 6.07) is 12.7. The Kier molecular flexibility index (Phi) is 6.15. The first-order chi connectivity index (χ1) is 14.4. The Labute approximate surface area is 184 Å². The fourth-order valence-electron chi connectivity index (χ4n) is 3.71. The number of methoxy groups -OCH3 is 1. The lowest BCUT2D eigenvalue weighted by Gasteiger charge is -2.26. The number of ether oxygens (including phenoxy) is 2. The molecule has 1 aliphatic heterocycles. The van der Waals surface area contributed by atoms with Crippen molar-refractivity contribution in [1.82, 2.24) is 4.31 Å². The minimum Gasteiger partial charge on any atom is -0.495 e. The lowest BCUT2D eigenvalue weighted by atomic mass is 10.1. The van der Waals surface area contributed by atoms with E-state index in [2.05, 4.69) is 21.2 Å². The van der Waals surface area contributed by atoms with Gasteiger partial charge in [-0.05, 0) is 48.2 Å². The number of anilines is 1. The summed E-state index contributed by atoms with van der Waals surface area (Å²) in [5.74, 6) is 0.191. The molecule has 1 aliphatic carbocycles. The van der Waals surface area contributed by atoms with E-state index < -0.39 is 10.0 Å². The van der Waals surface area contributed by atoms with Crippen molar-refractivity contribution in [3.05, 3.63) is 52.5 Å². The Hall–Kier alpha value is -1.94. The molecule has 2 unspecified atom stereocenters. The van der Waals surface area contributed by atoms with Gasteiger partial charge in [-0.3, -0.25) is 4.79 Å². The highest BCUT2D eigenvalue weighted by molar-refractivity contribution is 9.10. The van der Waals surface area contributed by atoms with Gasteiger partial charge >= 0.3 is 0 Å². The molecule has 7 nitrogen and oxygen atoms in total. The maximum Gasteiger partial charge on any atom is 0.246 e. The maximum atomic E-state index is 13.1. The van der Waals surface area contributed by atoms with Gasteiger partial charge in [0, 0.05) is 29.2 Å². The number of benzene rings is 2. The van der Waals surface area contributed by atoms with Crippen LogP contribution in [0.5, 0.6) is 5.75 Å². The predicted octanol–water partition coefficient (Wildman–Crippen LogP) is 3.22. The molecular weight excluding hydrogens is 472 g/mol. The molecular formula is C21H23BrN2O5S. The number of halogens is 1. The number of carbonyl (C=O) groups is 1. The molecule has 9 heteroatoms. The van der Waals surface area contributed by atoms with Gasteiger partial charge in [-0.1, -0.05) is 28.1 Å². The first-order valence-corrected chi connectivity index (χ1v) is 12.0. The van der Waals surface area contributed by atoms with E-state index in [9.17, 15) is 13.2 Å². The molecule has 0 radical (unpaired) electrons. The van der Waals surface area contributed by atoms with Crippen LogP contribution in [0.15, 0.2) is 51.8 Å². The van der Waals surface area contributed by atoms with Crippen molar-refractivity contribution in [2.45, 2.75) is 17.2 Å². The fourth-order valence-corrected chi connectivity index (χ4v) is 5.71. The first-order valence-electron chi connectivity index (χ1n) is 9.72. The maximum absolute atomic E-state index is 13.1. The SMILES string of the molecule is COc1ccc(NC(=O)C2CC2c2cccc(Br)c2)cc1S(=O)(=O)N1CCOCC1. The van der Waals surface area contributed by atoms with Crippen LogP contribution in [0.1, 0.15) is 17.9 Å². The molecule has 2 aromatic carbocycles. The van der Waals surface area contributed by atoms with Crippen LogP contribution in [0.3, 0.4) is 0 Å². The summed E-state index contributed by atoms with van der Waals surface area (Å²) in [7, 11) is -2.33. The average Bonchev–Trinajstić information content (AvgIpc) is 3.55. The number of hydrogen-bond donors (Lipinski definition) is 1. The van der Waals surface area contributed by atoms with E-state index in [1.54, 1.807) is 12.1 Å². The topological polar surface area (TPSA) is 84.9 Å². The van der Waals surface area contributed by atoms with Crippen molar-refractivity contribution < 1.29 is 22.7 Å². The Morgan fingerprint density at radius 1 is 1.20 bits per heavy atom. The zero-order valence-electron chi connectivity index (χ0n) is 16.5. The van der Waals surface area contributed by atoms with Gasteiger partial charge in [0.1, 0.15) is 10.6 Å². The van der Waals surface area contributed by atoms with Gasteiger partial charge in [-0.15, -0.1) is 0 Å². The molecule has 1 amide bonds. The fraction of sp³-hybridized carbons (Fsp3) is 0.381. The van der Waals surface area contributed by atoms with Crippen LogP contribution in [0.25, 0.3) is 0 Å². The molecule has 0 aromatic heterocycles. The minimum absolute atomic E-state index is 0.0454. The molecule has 2 aromatic rings. The molecule has 2 aliphatic rings. The van der Waals surface area contributed by atoms with Crippen LogP contribution in [-0.4, -0.2) is 52.0 Å². The van der Waals surface area contributed by atoms with E-state index in [0.29, 0.717) is 32.0 Å². The van der Waals surface area contributed by atoms with Crippen LogP contribution < -0.4 is 10.1 Å². The third-order valence-electron chi connectivity index (χ3n) is 5.42. The van der Waals surface area contributed by atoms with Gasteiger partial charge in [-0.25, -0.2) is 8.42 Å². The van der Waals surface area contributed by atoms with E-state index in [1.807, 2.05) is 24.3 Å². The Morgan fingerprint density at radius 2 is 1.97 bits per heavy atom. The van der Waals surface area contributed by atoms with E-state index >= 15 is 0 Å². The predicted molar refractivity (Wildman–Crippen MR) is 116 cm³/mol. The summed E-state index contributed by atoms with van der Waals surface area (Å²) in [4.78, 5) is 12.8. The van der Waals surface area contributed by atoms with E-state index in [-0.39, 0.29) is 28.4 Å². The first kappa shape index (κ1) is 21.3. The molecule has 30 heavy (non-hydrogen) atoms. The zero-order chi connectivity index (χ0) is 21.3. The number of amides is 1. The molecule has 1 saturated heterocycles. The normalized spacial score (nSPS) is 21.8. The van der Waals surface area contributed by atoms with Gasteiger partial charge in [0.05, 0.1) is 20.3 Å². The molecule has 1 heterocycles. The Bertz CT molecular complexity index is 1050. The summed E-state index contributed by atoms with van der Waals surface area (Å²) in [5.41, 5.74) is 1.56. The summed E-state index contributed by atoms with van der Waals surface area (Å²) in [6.07, 6.45) is 0.775. The Morgan fingerprint density at radius 3 is 2.67 bits per heavy atom. The van der Waals surface area contributed by atoms with Crippen molar-refractivity contribution >= 4 is 37.5 Å². The number of carbonyl (C=O) groups excluding carboxylic acids is 1. The van der Waals surface area contributed by atoms with Crippen LogP contribution in [0, 0.1) is 5.92 Å². The molecule has 0 spiro atoms. The minimum atomic E-state index is -3.75. The molecule has 160 valence electrons. The lowest BCUT2D eigenvalue weighted by molar-refractivity contribution is -0.117. The van der Waals surface area contributed by atoms with Crippen molar-refractivity contribution in [3.63, 3.8) is 0 Å². The van der Waals surface area contributed by atoms with Gasteiger partial charge in [0.15, 0.2) is 0 Å². The summed E-state index contributed by atoms with van der Waals surface area (Å²) in [6.45, 7) is 1.30. The van der Waals surface area contributed by atoms with E-state index in [1.165, 1.54) is 17.5 Å². The quantitative estimate of drug-likeness (QED) is 0.666. The number of nitrogens with one attached hydrogen (secondary N) is 1. The summed E-state index contributed by atoms with van der Waals surface area (Å²) >= 11 is 3.46. The van der Waals surface area contributed by atoms with Crippen molar-refractivity contribution in [3.8, 4) is 5.75 Å². The smallest absolute Gasteiger partial charge is 0.246 e. The zero-order valence-corrected chi connectivity index (χ0v) is 18.9. The molecule has 1 saturated carbocycles. The van der Waals surface area contributed by atoms with Gasteiger partial charge in [-0.2, -0.15) is 4.31 Å². The van der Waals surface area contributed by atoms with Gasteiger partial charge < -0.3 is 14.8 Å². The van der Waals surface area contributed by atoms with Gasteiger partial charge in [0.25, 0.3) is 0 Å². The second-order valence-electron chi connectivity index (χ2n) is 7.38. The molecule has 2 fully saturated rings. The van der Waals surface area contributed by atoms with Crippen molar-refractivity contribution in [1.29, 1.82) is 0 Å². The average molecular weight is 495 g/mol. The molecule has 0 bridgehead atoms. The lowest BCUT2D eigenvalue weighted by Crippen LogP contribution is -2.40. The van der Waals surface area contributed by atoms with Crippen LogP contribution >= 0.6 is 15.9 Å². The van der Waals surface area contributed by atoms with Crippen molar-refractivity contribution in [2.24, 2.45) is 5.92 Å². The largest absolute Gasteiger partial charge is 0.495 e. The molecule has 2 atom stereocenters. The highest BCUT2D eigenvalue weighted by Gasteiger charge is 2.44. The summed E-state index contributed by atoms with van der Waals surface area (Å²) in [5, 5.41) is 2.87. The monoisotopic (exact) mass is 494 g/mol. The second kappa shape index (κ2) is 8.66. The van der Waals surface area contributed by atoms with Crippen molar-refractivity contribution in [2.75, 3.05) is 38.7 Å². The van der Waals surface area contributed by atoms with E-state index in [0.717, 1.165) is 16.5 Å². The van der Waals surface area contributed by atoms with Crippen LogP contribution in [0.2, 0.25) is 0 Å². The highest BCUT2D eigenvalue weighted by Crippen LogP contribution is 2.48.